The predicted molar refractivity (Wildman–Crippen MR) is 138 cm³/mol. The number of rotatable bonds is 4. The van der Waals surface area contributed by atoms with Crippen molar-refractivity contribution in [3.8, 4) is 5.75 Å². The summed E-state index contributed by atoms with van der Waals surface area (Å²) in [5, 5.41) is 3.50. The number of hydrogen-bond donors (Lipinski definition) is 1. The molecule has 4 heterocycles. The van der Waals surface area contributed by atoms with Gasteiger partial charge in [0.2, 0.25) is 0 Å². The first-order valence-corrected chi connectivity index (χ1v) is 13.8. The number of fused-ring (bicyclic) bond motifs is 3. The van der Waals surface area contributed by atoms with E-state index < -0.39 is 27.4 Å². The number of carbonyl (C=O) groups excluding carboxylic acids is 1. The average Bonchev–Trinajstić information content (AvgIpc) is 3.08. The molecule has 4 aromatic rings. The molecule has 2 aromatic carbocycles. The number of carbonyl (C=O) groups is 1. The summed E-state index contributed by atoms with van der Waals surface area (Å²) in [7, 11) is -3.54. The summed E-state index contributed by atoms with van der Waals surface area (Å²) in [5.41, 5.74) is 1.94. The zero-order valence-electron chi connectivity index (χ0n) is 20.5. The molecule has 0 unspecified atom stereocenters. The molecule has 0 bridgehead atoms. The van der Waals surface area contributed by atoms with Crippen molar-refractivity contribution >= 4 is 38.2 Å². The minimum atomic E-state index is -3.54. The number of hydrogen-bond acceptors (Lipinski definition) is 8. The normalized spacial score (nSPS) is 16.1. The number of ether oxygens (including phenoxy) is 2. The van der Waals surface area contributed by atoms with Gasteiger partial charge in [-0.2, -0.15) is 0 Å². The molecule has 200 valence electrons. The van der Waals surface area contributed by atoms with Crippen molar-refractivity contribution in [2.24, 2.45) is 0 Å². The highest BCUT2D eigenvalue weighted by molar-refractivity contribution is 7.91. The van der Waals surface area contributed by atoms with Crippen LogP contribution in [0.5, 0.6) is 5.75 Å². The summed E-state index contributed by atoms with van der Waals surface area (Å²) in [6.07, 6.45) is 1.62. The maximum absolute atomic E-state index is 14.6. The lowest BCUT2D eigenvalue weighted by Gasteiger charge is -2.30. The molecule has 0 atom stereocenters. The second-order valence-electron chi connectivity index (χ2n) is 9.15. The summed E-state index contributed by atoms with van der Waals surface area (Å²) in [4.78, 5) is 23.6. The van der Waals surface area contributed by atoms with Crippen molar-refractivity contribution < 1.29 is 31.5 Å². The maximum Gasteiger partial charge on any atom is 0.251 e. The second-order valence-corrected chi connectivity index (χ2v) is 11.2. The van der Waals surface area contributed by atoms with Crippen LogP contribution in [0.2, 0.25) is 0 Å². The van der Waals surface area contributed by atoms with Crippen LogP contribution in [0.3, 0.4) is 0 Å². The van der Waals surface area contributed by atoms with Crippen LogP contribution < -0.4 is 15.0 Å². The largest absolute Gasteiger partial charge is 0.489 e. The number of sulfone groups is 1. The minimum absolute atomic E-state index is 0.0713. The first-order chi connectivity index (χ1) is 18.8. The van der Waals surface area contributed by atoms with E-state index in [-0.39, 0.29) is 54.0 Å². The molecule has 6 rings (SSSR count). The molecule has 12 heteroatoms. The highest BCUT2D eigenvalue weighted by Crippen LogP contribution is 2.39. The Morgan fingerprint density at radius 3 is 2.82 bits per heavy atom. The van der Waals surface area contributed by atoms with E-state index in [0.717, 1.165) is 17.5 Å². The van der Waals surface area contributed by atoms with E-state index in [4.69, 9.17) is 9.47 Å². The highest BCUT2D eigenvalue weighted by atomic mass is 32.2. The van der Waals surface area contributed by atoms with E-state index in [1.54, 1.807) is 41.4 Å². The molecule has 0 spiro atoms. The highest BCUT2D eigenvalue weighted by Gasteiger charge is 2.26. The second kappa shape index (κ2) is 9.86. The van der Waals surface area contributed by atoms with E-state index in [2.05, 4.69) is 15.3 Å². The summed E-state index contributed by atoms with van der Waals surface area (Å²) < 4.78 is 64.2. The van der Waals surface area contributed by atoms with Gasteiger partial charge in [0, 0.05) is 29.3 Å². The maximum atomic E-state index is 14.6. The first kappa shape index (κ1) is 25.1. The molecule has 2 aromatic heterocycles. The van der Waals surface area contributed by atoms with Crippen LogP contribution in [0.15, 0.2) is 59.6 Å². The zero-order chi connectivity index (χ0) is 27.1. The van der Waals surface area contributed by atoms with Crippen LogP contribution in [0.1, 0.15) is 21.6 Å². The molecular formula is C27H22F2N4O5S. The van der Waals surface area contributed by atoms with Crippen molar-refractivity contribution in [2.45, 2.75) is 18.0 Å². The van der Waals surface area contributed by atoms with E-state index in [1.807, 2.05) is 0 Å². The van der Waals surface area contributed by atoms with Gasteiger partial charge in [-0.15, -0.1) is 0 Å². The quantitative estimate of drug-likeness (QED) is 0.408. The molecule has 2 aliphatic rings. The Morgan fingerprint density at radius 2 is 1.95 bits per heavy atom. The third kappa shape index (κ3) is 4.88. The number of pyridine rings is 2. The van der Waals surface area contributed by atoms with Gasteiger partial charge in [0.15, 0.2) is 15.7 Å². The third-order valence-corrected chi connectivity index (χ3v) is 8.33. The monoisotopic (exact) mass is 552 g/mol. The van der Waals surface area contributed by atoms with Crippen LogP contribution in [0.4, 0.5) is 20.3 Å². The Kier molecular flexibility index (Phi) is 6.35. The molecule has 0 fully saturated rings. The summed E-state index contributed by atoms with van der Waals surface area (Å²) in [5.74, 6) is -1.50. The minimum Gasteiger partial charge on any atom is -0.489 e. The van der Waals surface area contributed by atoms with Gasteiger partial charge in [0.1, 0.15) is 29.7 Å². The molecule has 0 saturated heterocycles. The summed E-state index contributed by atoms with van der Waals surface area (Å²) in [6, 6.07) is 11.7. The standard InChI is InChI=1S/C27H22F2N4O5S/c28-19-10-21(29)26-23(11-19)38-6-5-33(26)25-4-3-17-13-30-20(12-22(17)32-25)14-31-27(34)16-1-2-18-15-37-7-8-39(35,36)24(18)9-16/h1-4,9-13H,5-8,14-15H2,(H,31,34). The van der Waals surface area contributed by atoms with Crippen molar-refractivity contribution in [1.29, 1.82) is 0 Å². The van der Waals surface area contributed by atoms with E-state index in [1.165, 1.54) is 6.07 Å². The number of nitrogens with zero attached hydrogens (tertiary/aromatic N) is 3. The number of aromatic nitrogens is 2. The zero-order valence-corrected chi connectivity index (χ0v) is 21.3. The first-order valence-electron chi connectivity index (χ1n) is 12.2. The number of amides is 1. The van der Waals surface area contributed by atoms with Gasteiger partial charge in [-0.05, 0) is 35.9 Å². The molecular weight excluding hydrogens is 530 g/mol. The van der Waals surface area contributed by atoms with Crippen molar-refractivity contribution in [3.63, 3.8) is 0 Å². The molecule has 2 aliphatic heterocycles. The number of benzene rings is 2. The number of halogens is 2. The Labute approximate surface area is 222 Å². The fraction of sp³-hybridized carbons (Fsp3) is 0.222. The fourth-order valence-electron chi connectivity index (χ4n) is 4.63. The lowest BCUT2D eigenvalue weighted by atomic mass is 10.1. The van der Waals surface area contributed by atoms with Crippen molar-refractivity contribution in [3.05, 3.63) is 83.2 Å². The Morgan fingerprint density at radius 1 is 1.08 bits per heavy atom. The molecule has 0 radical (unpaired) electrons. The Hall–Kier alpha value is -4.16. The van der Waals surface area contributed by atoms with Crippen molar-refractivity contribution in [2.75, 3.05) is 30.4 Å². The summed E-state index contributed by atoms with van der Waals surface area (Å²) in [6.45, 7) is 0.909. The van der Waals surface area contributed by atoms with Crippen LogP contribution in [-0.2, 0) is 27.7 Å². The SMILES string of the molecule is O=C(NCc1cc2nc(N3CCOc4cc(F)cc(F)c43)ccc2cn1)c1ccc2c(c1)S(=O)(=O)CCOC2. The third-order valence-electron chi connectivity index (χ3n) is 6.58. The van der Waals surface area contributed by atoms with E-state index >= 15 is 0 Å². The molecule has 39 heavy (non-hydrogen) atoms. The van der Waals surface area contributed by atoms with Gasteiger partial charge in [-0.25, -0.2) is 22.2 Å². The van der Waals surface area contributed by atoms with Gasteiger partial charge in [0.05, 0.1) is 48.2 Å². The van der Waals surface area contributed by atoms with Crippen LogP contribution in [-0.4, -0.2) is 49.8 Å². The van der Waals surface area contributed by atoms with Gasteiger partial charge >= 0.3 is 0 Å². The Balaban J connectivity index is 1.23. The van der Waals surface area contributed by atoms with E-state index in [0.29, 0.717) is 29.1 Å². The smallest absolute Gasteiger partial charge is 0.251 e. The average molecular weight is 553 g/mol. The van der Waals surface area contributed by atoms with Gasteiger partial charge in [-0.3, -0.25) is 9.78 Å². The van der Waals surface area contributed by atoms with Gasteiger partial charge in [-0.1, -0.05) is 6.07 Å². The topological polar surface area (TPSA) is 111 Å². The van der Waals surface area contributed by atoms with Crippen molar-refractivity contribution in [1.82, 2.24) is 15.3 Å². The molecule has 0 saturated carbocycles. The number of nitrogens with one attached hydrogen (secondary N) is 1. The fourth-order valence-corrected chi connectivity index (χ4v) is 6.02. The number of anilines is 2. The lowest BCUT2D eigenvalue weighted by Crippen LogP contribution is -2.30. The molecule has 0 aliphatic carbocycles. The van der Waals surface area contributed by atoms with Crippen LogP contribution in [0, 0.1) is 11.6 Å². The van der Waals surface area contributed by atoms with E-state index in [9.17, 15) is 22.0 Å². The Bertz CT molecular complexity index is 1730. The summed E-state index contributed by atoms with van der Waals surface area (Å²) >= 11 is 0. The molecule has 1 N–H and O–H groups in total. The van der Waals surface area contributed by atoms with Gasteiger partial charge < -0.3 is 19.7 Å². The van der Waals surface area contributed by atoms with Gasteiger partial charge in [0.25, 0.3) is 5.91 Å². The molecule has 9 nitrogen and oxygen atoms in total. The van der Waals surface area contributed by atoms with Crippen LogP contribution in [0.25, 0.3) is 10.9 Å². The lowest BCUT2D eigenvalue weighted by molar-refractivity contribution is 0.0950. The predicted octanol–water partition coefficient (Wildman–Crippen LogP) is 3.67. The van der Waals surface area contributed by atoms with Crippen LogP contribution >= 0.6 is 0 Å². The molecule has 1 amide bonds.